The number of carbonyl (C=O) groups excluding carboxylic acids is 2. The Morgan fingerprint density at radius 3 is 2.61 bits per heavy atom. The van der Waals surface area contributed by atoms with Crippen LogP contribution in [0.1, 0.15) is 51.7 Å². The number of nitrogens with zero attached hydrogens (tertiary/aromatic N) is 1. The maximum atomic E-state index is 13.8. The van der Waals surface area contributed by atoms with Crippen molar-refractivity contribution >= 4 is 34.3 Å². The van der Waals surface area contributed by atoms with Crippen LogP contribution in [-0.2, 0) is 29.0 Å². The van der Waals surface area contributed by atoms with E-state index in [9.17, 15) is 19.2 Å². The van der Waals surface area contributed by atoms with Crippen molar-refractivity contribution in [1.29, 1.82) is 5.26 Å². The highest BCUT2D eigenvalue weighted by atomic mass is 32.1. The van der Waals surface area contributed by atoms with Gasteiger partial charge >= 0.3 is 5.97 Å². The first-order valence-electron chi connectivity index (χ1n) is 11.7. The van der Waals surface area contributed by atoms with Gasteiger partial charge < -0.3 is 14.8 Å². The van der Waals surface area contributed by atoms with E-state index in [1.165, 1.54) is 23.5 Å². The Bertz CT molecular complexity index is 1340. The van der Waals surface area contributed by atoms with Crippen molar-refractivity contribution in [2.75, 3.05) is 11.9 Å². The first-order chi connectivity index (χ1) is 17.5. The number of thiophene rings is 1. The largest absolute Gasteiger partial charge is 0.489 e. The average molecular weight is 505 g/mol. The van der Waals surface area contributed by atoms with Gasteiger partial charge in [-0.25, -0.2) is 9.18 Å². The standard InChI is InChI=1S/C28H25FN2O4S/c1-2-34-28(33)25-22-8-4-6-10-24(22)36-27(25)31-26(32)20(16-30)15-18-11-13-21(14-12-18)35-17-19-7-3-5-9-23(19)29/h3,5,7,9,11-15H,2,4,6,8,10,17H2,1H3,(H,31,32)/b20-15+. The summed E-state index contributed by atoms with van der Waals surface area (Å²) in [5, 5.41) is 12.8. The zero-order chi connectivity index (χ0) is 25.5. The predicted molar refractivity (Wildman–Crippen MR) is 136 cm³/mol. The van der Waals surface area contributed by atoms with E-state index in [4.69, 9.17) is 9.47 Å². The van der Waals surface area contributed by atoms with Crippen LogP contribution in [0.15, 0.2) is 54.1 Å². The summed E-state index contributed by atoms with van der Waals surface area (Å²) in [6.07, 6.45) is 5.10. The Morgan fingerprint density at radius 1 is 1.14 bits per heavy atom. The molecule has 6 nitrogen and oxygen atoms in total. The van der Waals surface area contributed by atoms with Gasteiger partial charge in [0.1, 0.15) is 34.8 Å². The maximum absolute atomic E-state index is 13.8. The van der Waals surface area contributed by atoms with Gasteiger partial charge in [-0.3, -0.25) is 4.79 Å². The lowest BCUT2D eigenvalue weighted by atomic mass is 9.95. The normalized spacial score (nSPS) is 12.9. The molecule has 36 heavy (non-hydrogen) atoms. The summed E-state index contributed by atoms with van der Waals surface area (Å²) in [5.74, 6) is -0.858. The van der Waals surface area contributed by atoms with Crippen LogP contribution >= 0.6 is 11.3 Å². The Hall–Kier alpha value is -3.96. The highest BCUT2D eigenvalue weighted by molar-refractivity contribution is 7.17. The molecule has 184 valence electrons. The molecule has 0 saturated carbocycles. The second-order valence-electron chi connectivity index (χ2n) is 8.21. The number of esters is 1. The van der Waals surface area contributed by atoms with E-state index in [2.05, 4.69) is 5.32 Å². The number of nitriles is 1. The van der Waals surface area contributed by atoms with Crippen molar-refractivity contribution in [3.63, 3.8) is 0 Å². The van der Waals surface area contributed by atoms with E-state index in [0.29, 0.717) is 27.4 Å². The molecule has 0 saturated heterocycles. The number of hydrogen-bond donors (Lipinski definition) is 1. The Kier molecular flexibility index (Phi) is 8.13. The van der Waals surface area contributed by atoms with Crippen molar-refractivity contribution in [1.82, 2.24) is 0 Å². The molecule has 0 fully saturated rings. The summed E-state index contributed by atoms with van der Waals surface area (Å²) in [5.41, 5.74) is 2.31. The van der Waals surface area contributed by atoms with Gasteiger partial charge in [0.2, 0.25) is 0 Å². The molecule has 0 aliphatic heterocycles. The fraction of sp³-hybridized carbons (Fsp3) is 0.250. The quantitative estimate of drug-likeness (QED) is 0.229. The molecule has 1 aliphatic carbocycles. The summed E-state index contributed by atoms with van der Waals surface area (Å²) in [6, 6.07) is 15.1. The predicted octanol–water partition coefficient (Wildman–Crippen LogP) is 6.07. The third kappa shape index (κ3) is 5.81. The number of benzene rings is 2. The fourth-order valence-electron chi connectivity index (χ4n) is 4.00. The van der Waals surface area contributed by atoms with Crippen molar-refractivity contribution in [2.45, 2.75) is 39.2 Å². The third-order valence-electron chi connectivity index (χ3n) is 5.79. The smallest absolute Gasteiger partial charge is 0.341 e. The molecule has 1 N–H and O–H groups in total. The second-order valence-corrected chi connectivity index (χ2v) is 9.31. The number of halogens is 1. The van der Waals surface area contributed by atoms with Crippen LogP contribution in [0.3, 0.4) is 0 Å². The number of nitrogens with one attached hydrogen (secondary N) is 1. The number of anilines is 1. The minimum absolute atomic E-state index is 0.0846. The second kappa shape index (κ2) is 11.6. The lowest BCUT2D eigenvalue weighted by molar-refractivity contribution is -0.112. The molecule has 0 radical (unpaired) electrons. The zero-order valence-electron chi connectivity index (χ0n) is 19.8. The maximum Gasteiger partial charge on any atom is 0.341 e. The zero-order valence-corrected chi connectivity index (χ0v) is 20.6. The van der Waals surface area contributed by atoms with E-state index in [0.717, 1.165) is 36.1 Å². The molecular formula is C28H25FN2O4S. The molecule has 3 aromatic rings. The topological polar surface area (TPSA) is 88.4 Å². The fourth-order valence-corrected chi connectivity index (χ4v) is 5.27. The highest BCUT2D eigenvalue weighted by Crippen LogP contribution is 2.38. The lowest BCUT2D eigenvalue weighted by Gasteiger charge is -2.12. The van der Waals surface area contributed by atoms with Crippen LogP contribution in [0, 0.1) is 17.1 Å². The van der Waals surface area contributed by atoms with Crippen LogP contribution < -0.4 is 10.1 Å². The van der Waals surface area contributed by atoms with E-state index in [1.807, 2.05) is 6.07 Å². The summed E-state index contributed by atoms with van der Waals surface area (Å²) >= 11 is 1.37. The number of carbonyl (C=O) groups is 2. The van der Waals surface area contributed by atoms with E-state index in [1.54, 1.807) is 49.4 Å². The number of ether oxygens (including phenoxy) is 2. The molecule has 1 heterocycles. The van der Waals surface area contributed by atoms with Gasteiger partial charge in [-0.1, -0.05) is 30.3 Å². The Labute approximate surface area is 213 Å². The summed E-state index contributed by atoms with van der Waals surface area (Å²) < 4.78 is 24.6. The minimum atomic E-state index is -0.596. The van der Waals surface area contributed by atoms with Crippen LogP contribution in [0.5, 0.6) is 5.75 Å². The average Bonchev–Trinajstić information content (AvgIpc) is 3.25. The van der Waals surface area contributed by atoms with Gasteiger partial charge in [0.15, 0.2) is 0 Å². The SMILES string of the molecule is CCOC(=O)c1c(NC(=O)/C(C#N)=C/c2ccc(OCc3ccccc3F)cc2)sc2c1CCCC2. The summed E-state index contributed by atoms with van der Waals surface area (Å²) in [4.78, 5) is 26.6. The number of fused-ring (bicyclic) bond motifs is 1. The molecule has 1 aromatic heterocycles. The van der Waals surface area contributed by atoms with Crippen LogP contribution in [0.25, 0.3) is 6.08 Å². The van der Waals surface area contributed by atoms with Gasteiger partial charge in [0.25, 0.3) is 5.91 Å². The van der Waals surface area contributed by atoms with E-state index < -0.39 is 11.9 Å². The van der Waals surface area contributed by atoms with E-state index >= 15 is 0 Å². The first kappa shape index (κ1) is 25.1. The van der Waals surface area contributed by atoms with Crippen LogP contribution in [0.4, 0.5) is 9.39 Å². The minimum Gasteiger partial charge on any atom is -0.489 e. The molecule has 0 spiro atoms. The summed E-state index contributed by atoms with van der Waals surface area (Å²) in [7, 11) is 0. The van der Waals surface area contributed by atoms with Gasteiger partial charge in [0.05, 0.1) is 12.2 Å². The van der Waals surface area contributed by atoms with Gasteiger partial charge in [-0.05, 0) is 68.0 Å². The molecule has 0 atom stereocenters. The number of hydrogen-bond acceptors (Lipinski definition) is 6. The van der Waals surface area contributed by atoms with Crippen molar-refractivity contribution < 1.29 is 23.5 Å². The van der Waals surface area contributed by atoms with Crippen LogP contribution in [0.2, 0.25) is 0 Å². The summed E-state index contributed by atoms with van der Waals surface area (Å²) in [6.45, 7) is 2.06. The van der Waals surface area contributed by atoms with Gasteiger partial charge in [0, 0.05) is 10.4 Å². The number of rotatable bonds is 8. The van der Waals surface area contributed by atoms with E-state index in [-0.39, 0.29) is 24.6 Å². The van der Waals surface area contributed by atoms with Gasteiger partial charge in [-0.15, -0.1) is 11.3 Å². The number of aryl methyl sites for hydroxylation is 1. The van der Waals surface area contributed by atoms with Crippen LogP contribution in [-0.4, -0.2) is 18.5 Å². The third-order valence-corrected chi connectivity index (χ3v) is 6.99. The highest BCUT2D eigenvalue weighted by Gasteiger charge is 2.27. The monoisotopic (exact) mass is 504 g/mol. The molecule has 4 rings (SSSR count). The molecule has 2 aromatic carbocycles. The number of amides is 1. The molecule has 0 unspecified atom stereocenters. The van der Waals surface area contributed by atoms with Crippen molar-refractivity contribution in [2.24, 2.45) is 0 Å². The molecule has 1 aliphatic rings. The molecule has 8 heteroatoms. The Balaban J connectivity index is 1.48. The molecule has 1 amide bonds. The van der Waals surface area contributed by atoms with Crippen molar-refractivity contribution in [3.8, 4) is 11.8 Å². The van der Waals surface area contributed by atoms with Crippen molar-refractivity contribution in [3.05, 3.63) is 87.1 Å². The molecule has 0 bridgehead atoms. The Morgan fingerprint density at radius 2 is 1.89 bits per heavy atom. The first-order valence-corrected chi connectivity index (χ1v) is 12.5. The lowest BCUT2D eigenvalue weighted by Crippen LogP contribution is -2.16. The molecular weight excluding hydrogens is 479 g/mol. The van der Waals surface area contributed by atoms with Gasteiger partial charge in [-0.2, -0.15) is 5.26 Å².